The minimum absolute atomic E-state index is 0.115. The highest BCUT2D eigenvalue weighted by Gasteiger charge is 2.02. The highest BCUT2D eigenvalue weighted by Crippen LogP contribution is 2.11. The molecule has 0 spiro atoms. The number of rotatable bonds is 14. The van der Waals surface area contributed by atoms with E-state index < -0.39 is 10.1 Å². The Bertz CT molecular complexity index is 351. The zero-order valence-electron chi connectivity index (χ0n) is 13.2. The van der Waals surface area contributed by atoms with Crippen molar-refractivity contribution >= 4 is 16.1 Å². The third-order valence-corrected chi connectivity index (χ3v) is 4.15. The van der Waals surface area contributed by atoms with E-state index >= 15 is 0 Å². The minimum Gasteiger partial charge on any atom is -0.466 e. The Morgan fingerprint density at radius 1 is 0.857 bits per heavy atom. The molecule has 5 nitrogen and oxygen atoms in total. The van der Waals surface area contributed by atoms with Crippen LogP contribution in [0, 0.1) is 0 Å². The first-order valence-electron chi connectivity index (χ1n) is 8.06. The van der Waals surface area contributed by atoms with Gasteiger partial charge in [0.05, 0.1) is 12.4 Å². The van der Waals surface area contributed by atoms with Gasteiger partial charge >= 0.3 is 5.97 Å². The molecule has 21 heavy (non-hydrogen) atoms. The standard InChI is InChI=1S/C15H30O5S/c1-2-15(16)20-13-11-9-7-5-3-4-6-8-10-12-14-21(17,18)19/h2-14H2,1H3,(H,17,18,19). The van der Waals surface area contributed by atoms with Gasteiger partial charge in [0.1, 0.15) is 0 Å². The lowest BCUT2D eigenvalue weighted by Crippen LogP contribution is -2.03. The number of esters is 1. The first-order chi connectivity index (χ1) is 9.95. The molecule has 126 valence electrons. The normalized spacial score (nSPS) is 11.5. The van der Waals surface area contributed by atoms with Gasteiger partial charge in [0.15, 0.2) is 0 Å². The molecule has 0 heterocycles. The Balaban J connectivity index is 3.11. The van der Waals surface area contributed by atoms with E-state index in [4.69, 9.17) is 9.29 Å². The van der Waals surface area contributed by atoms with Gasteiger partial charge in [0.2, 0.25) is 0 Å². The van der Waals surface area contributed by atoms with Gasteiger partial charge < -0.3 is 4.74 Å². The Kier molecular flexibility index (Phi) is 12.7. The molecule has 1 N–H and O–H groups in total. The van der Waals surface area contributed by atoms with Gasteiger partial charge in [0.25, 0.3) is 10.1 Å². The molecule has 0 aliphatic carbocycles. The lowest BCUT2D eigenvalue weighted by atomic mass is 10.1. The highest BCUT2D eigenvalue weighted by molar-refractivity contribution is 7.85. The van der Waals surface area contributed by atoms with Gasteiger partial charge in [-0.25, -0.2) is 0 Å². The molecule has 0 saturated carbocycles. The average molecular weight is 322 g/mol. The lowest BCUT2D eigenvalue weighted by molar-refractivity contribution is -0.143. The predicted octanol–water partition coefficient (Wildman–Crippen LogP) is 3.73. The molecule has 0 aromatic rings. The first-order valence-corrected chi connectivity index (χ1v) is 9.67. The second-order valence-electron chi connectivity index (χ2n) is 5.40. The van der Waals surface area contributed by atoms with Crippen LogP contribution in [0.1, 0.15) is 77.6 Å². The Hall–Kier alpha value is -0.620. The van der Waals surface area contributed by atoms with E-state index in [9.17, 15) is 13.2 Å². The van der Waals surface area contributed by atoms with E-state index in [1.54, 1.807) is 6.92 Å². The van der Waals surface area contributed by atoms with Crippen molar-refractivity contribution in [2.24, 2.45) is 0 Å². The van der Waals surface area contributed by atoms with Gasteiger partial charge in [-0.2, -0.15) is 8.42 Å². The Morgan fingerprint density at radius 2 is 1.29 bits per heavy atom. The highest BCUT2D eigenvalue weighted by atomic mass is 32.2. The number of carbonyl (C=O) groups excluding carboxylic acids is 1. The molecule has 0 aliphatic heterocycles. The summed E-state index contributed by atoms with van der Waals surface area (Å²) in [6.45, 7) is 2.34. The summed E-state index contributed by atoms with van der Waals surface area (Å²) in [4.78, 5) is 10.9. The van der Waals surface area contributed by atoms with Crippen molar-refractivity contribution in [3.05, 3.63) is 0 Å². The minimum atomic E-state index is -3.78. The summed E-state index contributed by atoms with van der Waals surface area (Å²) < 4.78 is 34.6. The molecule has 0 aromatic carbocycles. The lowest BCUT2D eigenvalue weighted by Gasteiger charge is -2.04. The van der Waals surface area contributed by atoms with E-state index in [1.807, 2.05) is 0 Å². The van der Waals surface area contributed by atoms with Crippen LogP contribution >= 0.6 is 0 Å². The fourth-order valence-electron chi connectivity index (χ4n) is 2.09. The predicted molar refractivity (Wildman–Crippen MR) is 83.8 cm³/mol. The van der Waals surface area contributed by atoms with E-state index in [1.165, 1.54) is 25.7 Å². The molecule has 0 atom stereocenters. The summed E-state index contributed by atoms with van der Waals surface area (Å²) >= 11 is 0. The van der Waals surface area contributed by atoms with Crippen LogP contribution in [0.5, 0.6) is 0 Å². The van der Waals surface area contributed by atoms with Crippen LogP contribution in [0.4, 0.5) is 0 Å². The smallest absolute Gasteiger partial charge is 0.305 e. The fraction of sp³-hybridized carbons (Fsp3) is 0.933. The number of hydrogen-bond donors (Lipinski definition) is 1. The van der Waals surface area contributed by atoms with Crippen molar-refractivity contribution < 1.29 is 22.5 Å². The second-order valence-corrected chi connectivity index (χ2v) is 6.97. The van der Waals surface area contributed by atoms with E-state index in [0.717, 1.165) is 32.1 Å². The first kappa shape index (κ1) is 20.4. The summed E-state index contributed by atoms with van der Waals surface area (Å²) in [5, 5.41) is 0. The number of unbranched alkanes of at least 4 members (excludes halogenated alkanes) is 9. The van der Waals surface area contributed by atoms with Crippen molar-refractivity contribution in [3.63, 3.8) is 0 Å². The third-order valence-electron chi connectivity index (χ3n) is 3.35. The van der Waals surface area contributed by atoms with Crippen molar-refractivity contribution in [3.8, 4) is 0 Å². The monoisotopic (exact) mass is 322 g/mol. The Labute approximate surface area is 129 Å². The molecule has 0 aromatic heterocycles. The van der Waals surface area contributed by atoms with Gasteiger partial charge in [-0.15, -0.1) is 0 Å². The van der Waals surface area contributed by atoms with E-state index in [2.05, 4.69) is 0 Å². The van der Waals surface area contributed by atoms with Crippen LogP contribution in [-0.2, 0) is 19.6 Å². The van der Waals surface area contributed by atoms with Crippen LogP contribution in [0.3, 0.4) is 0 Å². The molecule has 0 unspecified atom stereocenters. The SMILES string of the molecule is CCC(=O)OCCCCCCCCCCCCS(=O)(=O)O. The molecule has 0 amide bonds. The van der Waals surface area contributed by atoms with Crippen molar-refractivity contribution in [1.29, 1.82) is 0 Å². The van der Waals surface area contributed by atoms with Crippen LogP contribution in [0.2, 0.25) is 0 Å². The van der Waals surface area contributed by atoms with E-state index in [0.29, 0.717) is 19.4 Å². The molecular weight excluding hydrogens is 292 g/mol. The average Bonchev–Trinajstić information content (AvgIpc) is 2.42. The number of hydrogen-bond acceptors (Lipinski definition) is 4. The molecule has 0 rings (SSSR count). The maximum Gasteiger partial charge on any atom is 0.305 e. The van der Waals surface area contributed by atoms with Gasteiger partial charge in [-0.05, 0) is 12.8 Å². The van der Waals surface area contributed by atoms with Gasteiger partial charge in [-0.1, -0.05) is 58.3 Å². The quantitative estimate of drug-likeness (QED) is 0.299. The summed E-state index contributed by atoms with van der Waals surface area (Å²) in [5.41, 5.74) is 0. The van der Waals surface area contributed by atoms with Crippen molar-refractivity contribution in [2.75, 3.05) is 12.4 Å². The molecule has 6 heteroatoms. The molecule has 0 fully saturated rings. The fourth-order valence-corrected chi connectivity index (χ4v) is 2.66. The maximum atomic E-state index is 10.9. The largest absolute Gasteiger partial charge is 0.466 e. The van der Waals surface area contributed by atoms with Gasteiger partial charge in [0, 0.05) is 6.42 Å². The molecule has 0 saturated heterocycles. The van der Waals surface area contributed by atoms with Crippen molar-refractivity contribution in [1.82, 2.24) is 0 Å². The number of ether oxygens (including phenoxy) is 1. The van der Waals surface area contributed by atoms with Crippen molar-refractivity contribution in [2.45, 2.75) is 77.6 Å². The summed E-state index contributed by atoms with van der Waals surface area (Å²) in [7, 11) is -3.78. The second kappa shape index (κ2) is 13.1. The molecule has 0 bridgehead atoms. The molecular formula is C15H30O5S. The topological polar surface area (TPSA) is 80.7 Å². The zero-order valence-corrected chi connectivity index (χ0v) is 14.0. The van der Waals surface area contributed by atoms with E-state index in [-0.39, 0.29) is 11.7 Å². The van der Waals surface area contributed by atoms with Crippen LogP contribution in [0.25, 0.3) is 0 Å². The maximum absolute atomic E-state index is 10.9. The molecule has 0 aliphatic rings. The number of carbonyl (C=O) groups is 1. The van der Waals surface area contributed by atoms with Crippen LogP contribution in [-0.4, -0.2) is 31.3 Å². The summed E-state index contributed by atoms with van der Waals surface area (Å²) in [5.74, 6) is -0.237. The Morgan fingerprint density at radius 3 is 1.71 bits per heavy atom. The zero-order chi connectivity index (χ0) is 16.0. The molecule has 0 radical (unpaired) electrons. The van der Waals surface area contributed by atoms with Crippen LogP contribution < -0.4 is 0 Å². The van der Waals surface area contributed by atoms with Crippen LogP contribution in [0.15, 0.2) is 0 Å². The summed E-state index contributed by atoms with van der Waals surface area (Å²) in [6, 6.07) is 0. The third kappa shape index (κ3) is 17.3. The van der Waals surface area contributed by atoms with Gasteiger partial charge in [-0.3, -0.25) is 9.35 Å². The summed E-state index contributed by atoms with van der Waals surface area (Å²) in [6.07, 6.45) is 10.8.